The molecule has 1 aliphatic rings. The number of methoxy groups -OCH3 is 1. The Kier molecular flexibility index (Phi) is 6.34. The number of nitrogens with zero attached hydrogens (tertiary/aromatic N) is 3. The highest BCUT2D eigenvalue weighted by atomic mass is 79.9. The van der Waals surface area contributed by atoms with Crippen molar-refractivity contribution in [3.8, 4) is 11.5 Å². The maximum Gasteiger partial charge on any atom is 0.263 e. The quantitative estimate of drug-likeness (QED) is 0.395. The van der Waals surface area contributed by atoms with Crippen molar-refractivity contribution in [2.75, 3.05) is 7.11 Å². The molecule has 1 amide bonds. The number of aryl methyl sites for hydroxylation is 1. The normalized spacial score (nSPS) is 16.8. The number of phenols is 1. The van der Waals surface area contributed by atoms with E-state index in [1.165, 1.54) is 29.1 Å². The average molecular weight is 519 g/mol. The van der Waals surface area contributed by atoms with Gasteiger partial charge in [0, 0.05) is 4.88 Å². The summed E-state index contributed by atoms with van der Waals surface area (Å²) in [7, 11) is 1.44. The second-order valence-corrected chi connectivity index (χ2v) is 9.89. The fraction of sp³-hybridized carbons (Fsp3) is 0.364. The van der Waals surface area contributed by atoms with Gasteiger partial charge in [0.25, 0.3) is 11.5 Å². The second-order valence-electron chi connectivity index (χ2n) is 7.95. The van der Waals surface area contributed by atoms with E-state index in [4.69, 9.17) is 4.74 Å². The van der Waals surface area contributed by atoms with Gasteiger partial charge in [-0.1, -0.05) is 6.92 Å². The minimum absolute atomic E-state index is 0.0188. The largest absolute Gasteiger partial charge is 0.503 e. The Hall–Kier alpha value is -2.72. The fourth-order valence-corrected chi connectivity index (χ4v) is 5.63. The number of amides is 1. The van der Waals surface area contributed by atoms with E-state index < -0.39 is 11.9 Å². The minimum atomic E-state index is -0.782. The van der Waals surface area contributed by atoms with E-state index in [1.54, 1.807) is 30.4 Å². The van der Waals surface area contributed by atoms with Crippen LogP contribution < -0.4 is 15.7 Å². The van der Waals surface area contributed by atoms with E-state index in [-0.39, 0.29) is 17.1 Å². The molecular formula is C22H23BrN4O4S. The van der Waals surface area contributed by atoms with Crippen molar-refractivity contribution in [2.24, 2.45) is 11.0 Å². The van der Waals surface area contributed by atoms with Gasteiger partial charge in [0.1, 0.15) is 10.9 Å². The Balaban J connectivity index is 1.54. The van der Waals surface area contributed by atoms with Gasteiger partial charge in [-0.25, -0.2) is 10.4 Å². The number of hydrogen-bond acceptors (Lipinski definition) is 7. The number of carbonyl (C=O) groups is 1. The number of phenolic OH excluding ortho intramolecular Hbond substituents is 1. The van der Waals surface area contributed by atoms with Crippen molar-refractivity contribution >= 4 is 49.6 Å². The van der Waals surface area contributed by atoms with Gasteiger partial charge in [-0.15, -0.1) is 11.3 Å². The summed E-state index contributed by atoms with van der Waals surface area (Å²) < 4.78 is 6.91. The summed E-state index contributed by atoms with van der Waals surface area (Å²) in [4.78, 5) is 32.3. The number of hydrazone groups is 1. The fourth-order valence-electron chi connectivity index (χ4n) is 3.83. The van der Waals surface area contributed by atoms with Crippen molar-refractivity contribution in [1.82, 2.24) is 15.0 Å². The molecule has 2 aromatic heterocycles. The van der Waals surface area contributed by atoms with Gasteiger partial charge < -0.3 is 9.84 Å². The third kappa shape index (κ3) is 4.16. The van der Waals surface area contributed by atoms with E-state index in [0.29, 0.717) is 21.3 Å². The van der Waals surface area contributed by atoms with Crippen LogP contribution in [0.4, 0.5) is 0 Å². The van der Waals surface area contributed by atoms with Crippen LogP contribution in [0.1, 0.15) is 42.3 Å². The molecule has 2 atom stereocenters. The SMILES string of the molecule is COc1cc(/C=N/NC(=O)[C@H](C)n2cnc3sc4c(c3c2=O)CC[C@H](C)C4)cc(Br)c1O. The van der Waals surface area contributed by atoms with Gasteiger partial charge in [0.15, 0.2) is 11.5 Å². The molecule has 0 saturated carbocycles. The summed E-state index contributed by atoms with van der Waals surface area (Å²) >= 11 is 4.83. The Morgan fingerprint density at radius 2 is 2.28 bits per heavy atom. The molecule has 0 unspecified atom stereocenters. The van der Waals surface area contributed by atoms with Crippen LogP contribution in [0.3, 0.4) is 0 Å². The number of ether oxygens (including phenoxy) is 1. The first kappa shape index (κ1) is 22.5. The van der Waals surface area contributed by atoms with Crippen LogP contribution >= 0.6 is 27.3 Å². The number of carbonyl (C=O) groups excluding carboxylic acids is 1. The van der Waals surface area contributed by atoms with Crippen LogP contribution in [0.25, 0.3) is 10.2 Å². The first-order valence-electron chi connectivity index (χ1n) is 10.2. The summed E-state index contributed by atoms with van der Waals surface area (Å²) in [5, 5.41) is 14.5. The Labute approximate surface area is 197 Å². The molecule has 0 fully saturated rings. The highest BCUT2D eigenvalue weighted by molar-refractivity contribution is 9.10. The maximum absolute atomic E-state index is 13.2. The third-order valence-electron chi connectivity index (χ3n) is 5.70. The van der Waals surface area contributed by atoms with E-state index in [0.717, 1.165) is 29.7 Å². The monoisotopic (exact) mass is 518 g/mol. The molecule has 4 rings (SSSR count). The van der Waals surface area contributed by atoms with Crippen molar-refractivity contribution < 1.29 is 14.6 Å². The number of aromatic nitrogens is 2. The van der Waals surface area contributed by atoms with E-state index in [9.17, 15) is 14.7 Å². The van der Waals surface area contributed by atoms with Crippen molar-refractivity contribution in [1.29, 1.82) is 0 Å². The number of nitrogens with one attached hydrogen (secondary N) is 1. The number of fused-ring (bicyclic) bond motifs is 3. The van der Waals surface area contributed by atoms with Crippen LogP contribution in [0.5, 0.6) is 11.5 Å². The second kappa shape index (κ2) is 9.03. The van der Waals surface area contributed by atoms with Crippen molar-refractivity contribution in [2.45, 2.75) is 39.2 Å². The Morgan fingerprint density at radius 1 is 1.50 bits per heavy atom. The summed E-state index contributed by atoms with van der Waals surface area (Å²) in [6.07, 6.45) is 5.76. The topological polar surface area (TPSA) is 106 Å². The van der Waals surface area contributed by atoms with Gasteiger partial charge >= 0.3 is 0 Å². The first-order valence-corrected chi connectivity index (χ1v) is 11.8. The zero-order valence-corrected chi connectivity index (χ0v) is 20.3. The lowest BCUT2D eigenvalue weighted by Gasteiger charge is -2.18. The standard InChI is InChI=1S/C22H23BrN4O4S/c1-11-4-5-14-17(6-11)32-21-18(14)22(30)27(10-24-21)12(2)20(29)26-25-9-13-7-15(23)19(28)16(8-13)31-3/h7-12,28H,4-6H2,1-3H3,(H,26,29)/b25-9+/t11-,12-/m0/s1. The van der Waals surface area contributed by atoms with Crippen LogP contribution in [0.15, 0.2) is 32.8 Å². The smallest absolute Gasteiger partial charge is 0.263 e. The number of thiophene rings is 1. The predicted molar refractivity (Wildman–Crippen MR) is 128 cm³/mol. The molecule has 8 nitrogen and oxygen atoms in total. The zero-order valence-electron chi connectivity index (χ0n) is 17.9. The number of rotatable bonds is 5. The van der Waals surface area contributed by atoms with E-state index >= 15 is 0 Å². The summed E-state index contributed by atoms with van der Waals surface area (Å²) in [5.41, 5.74) is 3.97. The lowest BCUT2D eigenvalue weighted by molar-refractivity contribution is -0.123. The first-order chi connectivity index (χ1) is 15.3. The molecule has 32 heavy (non-hydrogen) atoms. The van der Waals surface area contributed by atoms with E-state index in [2.05, 4.69) is 38.4 Å². The minimum Gasteiger partial charge on any atom is -0.503 e. The van der Waals surface area contributed by atoms with Crippen LogP contribution in [0.2, 0.25) is 0 Å². The molecular weight excluding hydrogens is 496 g/mol. The Morgan fingerprint density at radius 3 is 3.03 bits per heavy atom. The molecule has 0 radical (unpaired) electrons. The molecule has 0 spiro atoms. The zero-order chi connectivity index (χ0) is 23.0. The van der Waals surface area contributed by atoms with Crippen molar-refractivity contribution in [3.05, 3.63) is 49.3 Å². The average Bonchev–Trinajstić information content (AvgIpc) is 3.14. The highest BCUT2D eigenvalue weighted by Crippen LogP contribution is 2.36. The number of aromatic hydroxyl groups is 1. The predicted octanol–water partition coefficient (Wildman–Crippen LogP) is 3.77. The highest BCUT2D eigenvalue weighted by Gasteiger charge is 2.25. The van der Waals surface area contributed by atoms with Gasteiger partial charge in [-0.2, -0.15) is 5.10 Å². The number of hydrogen-bond donors (Lipinski definition) is 2. The lowest BCUT2D eigenvalue weighted by Crippen LogP contribution is -2.34. The summed E-state index contributed by atoms with van der Waals surface area (Å²) in [6, 6.07) is 2.44. The van der Waals surface area contributed by atoms with Gasteiger partial charge in [0.2, 0.25) is 0 Å². The van der Waals surface area contributed by atoms with Gasteiger partial charge in [0.05, 0.1) is 29.5 Å². The molecule has 0 aliphatic heterocycles. The molecule has 2 heterocycles. The van der Waals surface area contributed by atoms with Crippen LogP contribution in [-0.2, 0) is 17.6 Å². The maximum atomic E-state index is 13.2. The van der Waals surface area contributed by atoms with Crippen LogP contribution in [0, 0.1) is 5.92 Å². The van der Waals surface area contributed by atoms with Crippen molar-refractivity contribution in [3.63, 3.8) is 0 Å². The lowest BCUT2D eigenvalue weighted by atomic mass is 9.89. The van der Waals surface area contributed by atoms with Crippen LogP contribution in [-0.4, -0.2) is 33.9 Å². The van der Waals surface area contributed by atoms with Gasteiger partial charge in [-0.3, -0.25) is 14.2 Å². The molecule has 3 aromatic rings. The number of halogens is 1. The third-order valence-corrected chi connectivity index (χ3v) is 7.46. The molecule has 1 aromatic carbocycles. The Bertz CT molecular complexity index is 1280. The summed E-state index contributed by atoms with van der Waals surface area (Å²) in [6.45, 7) is 3.86. The number of benzene rings is 1. The molecule has 1 aliphatic carbocycles. The van der Waals surface area contributed by atoms with Gasteiger partial charge in [-0.05, 0) is 71.3 Å². The van der Waals surface area contributed by atoms with E-state index in [1.807, 2.05) is 0 Å². The molecule has 2 N–H and O–H groups in total. The molecule has 10 heteroatoms. The molecule has 0 bridgehead atoms. The molecule has 0 saturated heterocycles. The molecule has 168 valence electrons. The summed E-state index contributed by atoms with van der Waals surface area (Å²) in [5.74, 6) is 0.427.